The molecule has 1 aromatic carbocycles. The number of thiophene rings is 1. The van der Waals surface area contributed by atoms with Crippen molar-refractivity contribution in [1.82, 2.24) is 10.2 Å². The summed E-state index contributed by atoms with van der Waals surface area (Å²) in [5.74, 6) is 0.893. The van der Waals surface area contributed by atoms with Crippen molar-refractivity contribution in [3.8, 4) is 11.3 Å². The zero-order valence-electron chi connectivity index (χ0n) is 14.8. The Hall–Kier alpha value is -2.34. The molecule has 1 aliphatic carbocycles. The number of aromatic amines is 1. The van der Waals surface area contributed by atoms with E-state index < -0.39 is 0 Å². The fourth-order valence-corrected chi connectivity index (χ4v) is 5.06. The van der Waals surface area contributed by atoms with E-state index in [4.69, 9.17) is 10.5 Å². The van der Waals surface area contributed by atoms with Crippen molar-refractivity contribution in [3.05, 3.63) is 35.2 Å². The zero-order valence-corrected chi connectivity index (χ0v) is 15.6. The molecule has 0 atom stereocenters. The van der Waals surface area contributed by atoms with E-state index in [-0.39, 0.29) is 5.97 Å². The van der Waals surface area contributed by atoms with Crippen molar-refractivity contribution in [2.75, 3.05) is 12.8 Å². The maximum atomic E-state index is 11.5. The molecule has 136 valence electrons. The van der Waals surface area contributed by atoms with E-state index in [0.29, 0.717) is 18.3 Å². The first-order valence-electron chi connectivity index (χ1n) is 9.04. The van der Waals surface area contributed by atoms with E-state index in [2.05, 4.69) is 15.6 Å². The van der Waals surface area contributed by atoms with Crippen LogP contribution in [0.25, 0.3) is 21.5 Å². The van der Waals surface area contributed by atoms with Crippen molar-refractivity contribution >= 4 is 33.2 Å². The molecule has 0 amide bonds. The van der Waals surface area contributed by atoms with Crippen LogP contribution >= 0.6 is 11.3 Å². The summed E-state index contributed by atoms with van der Waals surface area (Å²) in [7, 11) is 1.46. The van der Waals surface area contributed by atoms with Gasteiger partial charge in [-0.2, -0.15) is 5.10 Å². The number of hydrogen-bond donors (Lipinski definition) is 2. The second kappa shape index (κ2) is 7.11. The maximum Gasteiger partial charge on any atom is 0.305 e. The number of ether oxygens (including phenoxy) is 1. The number of hydrogen-bond acceptors (Lipinski definition) is 5. The van der Waals surface area contributed by atoms with Gasteiger partial charge in [0.1, 0.15) is 5.52 Å². The molecule has 1 saturated carbocycles. The molecular weight excluding hydrogens is 346 g/mol. The number of nitrogen functional groups attached to an aromatic ring is 1. The molecule has 1 aliphatic rings. The summed E-state index contributed by atoms with van der Waals surface area (Å²) >= 11 is 1.76. The number of carbonyl (C=O) groups is 1. The summed E-state index contributed by atoms with van der Waals surface area (Å²) in [5.41, 5.74) is 11.2. The Bertz CT molecular complexity index is 905. The lowest BCUT2D eigenvalue weighted by Gasteiger charge is -2.27. The third-order valence-corrected chi connectivity index (χ3v) is 6.47. The van der Waals surface area contributed by atoms with Gasteiger partial charge in [0.25, 0.3) is 0 Å². The van der Waals surface area contributed by atoms with Crippen LogP contribution in [0.2, 0.25) is 0 Å². The third-order valence-electron chi connectivity index (χ3n) is 5.47. The number of anilines is 1. The first-order valence-corrected chi connectivity index (χ1v) is 9.92. The predicted octanol–water partition coefficient (Wildman–Crippen LogP) is 4.71. The standard InChI is InChI=1S/C20H23N3O2S/c1-25-17(24)10-12-2-4-13(5-3-12)16-11-26-20-18(22-23-19(16)20)14-6-8-15(21)9-7-14/h6-9,11-13H,2-5,10,21H2,1H3,(H,22,23). The van der Waals surface area contributed by atoms with Crippen LogP contribution in [0.4, 0.5) is 5.69 Å². The lowest BCUT2D eigenvalue weighted by molar-refractivity contribution is -0.142. The summed E-state index contributed by atoms with van der Waals surface area (Å²) < 4.78 is 6.01. The first-order chi connectivity index (χ1) is 12.7. The lowest BCUT2D eigenvalue weighted by atomic mass is 9.78. The van der Waals surface area contributed by atoms with Crippen LogP contribution in [0.5, 0.6) is 0 Å². The van der Waals surface area contributed by atoms with Gasteiger partial charge in [-0.1, -0.05) is 12.1 Å². The fraction of sp³-hybridized carbons (Fsp3) is 0.400. The van der Waals surface area contributed by atoms with E-state index in [0.717, 1.165) is 48.1 Å². The Kier molecular flexibility index (Phi) is 4.68. The van der Waals surface area contributed by atoms with Gasteiger partial charge < -0.3 is 10.5 Å². The molecule has 2 aromatic heterocycles. The van der Waals surface area contributed by atoms with Crippen LogP contribution in [0, 0.1) is 5.92 Å². The predicted molar refractivity (Wildman–Crippen MR) is 105 cm³/mol. The molecule has 1 fully saturated rings. The van der Waals surface area contributed by atoms with Crippen LogP contribution < -0.4 is 5.73 Å². The summed E-state index contributed by atoms with van der Waals surface area (Å²) in [6.07, 6.45) is 4.92. The van der Waals surface area contributed by atoms with Crippen molar-refractivity contribution in [3.63, 3.8) is 0 Å². The van der Waals surface area contributed by atoms with Gasteiger partial charge >= 0.3 is 5.97 Å². The quantitative estimate of drug-likeness (QED) is 0.515. The van der Waals surface area contributed by atoms with Gasteiger partial charge in [0.15, 0.2) is 0 Å². The van der Waals surface area contributed by atoms with E-state index in [1.807, 2.05) is 24.3 Å². The highest BCUT2D eigenvalue weighted by molar-refractivity contribution is 7.18. The normalized spacial score (nSPS) is 20.3. The summed E-state index contributed by atoms with van der Waals surface area (Å²) in [4.78, 5) is 11.5. The average molecular weight is 369 g/mol. The average Bonchev–Trinajstić information content (AvgIpc) is 3.25. The largest absolute Gasteiger partial charge is 0.469 e. The van der Waals surface area contributed by atoms with Gasteiger partial charge in [-0.3, -0.25) is 9.89 Å². The molecule has 26 heavy (non-hydrogen) atoms. The third kappa shape index (κ3) is 3.21. The first kappa shape index (κ1) is 17.1. The second-order valence-corrected chi connectivity index (χ2v) is 7.97. The Labute approximate surface area is 156 Å². The molecule has 0 radical (unpaired) electrons. The van der Waals surface area contributed by atoms with Gasteiger partial charge in [0.05, 0.1) is 17.5 Å². The van der Waals surface area contributed by atoms with Crippen LogP contribution in [0.1, 0.15) is 43.6 Å². The van der Waals surface area contributed by atoms with E-state index in [1.54, 1.807) is 11.3 Å². The molecule has 2 heterocycles. The number of esters is 1. The Morgan fingerprint density at radius 1 is 1.27 bits per heavy atom. The van der Waals surface area contributed by atoms with Crippen molar-refractivity contribution in [1.29, 1.82) is 0 Å². The zero-order chi connectivity index (χ0) is 18.1. The van der Waals surface area contributed by atoms with Crippen molar-refractivity contribution in [2.24, 2.45) is 5.92 Å². The number of carbonyl (C=O) groups excluding carboxylic acids is 1. The Morgan fingerprint density at radius 2 is 2.00 bits per heavy atom. The number of aromatic nitrogens is 2. The molecule has 4 rings (SSSR count). The summed E-state index contributed by atoms with van der Waals surface area (Å²) in [5, 5.41) is 10.1. The minimum absolute atomic E-state index is 0.0909. The van der Waals surface area contributed by atoms with E-state index >= 15 is 0 Å². The monoisotopic (exact) mass is 369 g/mol. The number of benzene rings is 1. The van der Waals surface area contributed by atoms with Gasteiger partial charge in [-0.05, 0) is 60.6 Å². The molecule has 0 spiro atoms. The highest BCUT2D eigenvalue weighted by Crippen LogP contribution is 2.43. The lowest BCUT2D eigenvalue weighted by Crippen LogP contribution is -2.17. The molecule has 5 nitrogen and oxygen atoms in total. The molecule has 0 bridgehead atoms. The minimum atomic E-state index is -0.0909. The highest BCUT2D eigenvalue weighted by atomic mass is 32.1. The number of fused-ring (bicyclic) bond motifs is 1. The van der Waals surface area contributed by atoms with E-state index in [1.165, 1.54) is 17.4 Å². The minimum Gasteiger partial charge on any atom is -0.469 e. The van der Waals surface area contributed by atoms with Gasteiger partial charge in [0, 0.05) is 17.7 Å². The van der Waals surface area contributed by atoms with Gasteiger partial charge in [-0.25, -0.2) is 0 Å². The van der Waals surface area contributed by atoms with Crippen LogP contribution in [0.3, 0.4) is 0 Å². The number of methoxy groups -OCH3 is 1. The molecule has 0 saturated heterocycles. The molecule has 3 N–H and O–H groups in total. The second-order valence-electron chi connectivity index (χ2n) is 7.09. The van der Waals surface area contributed by atoms with Crippen LogP contribution in [-0.4, -0.2) is 23.3 Å². The molecule has 0 unspecified atom stereocenters. The molecule has 0 aliphatic heterocycles. The van der Waals surface area contributed by atoms with E-state index in [9.17, 15) is 4.79 Å². The van der Waals surface area contributed by atoms with Gasteiger partial charge in [0.2, 0.25) is 0 Å². The Morgan fingerprint density at radius 3 is 2.69 bits per heavy atom. The SMILES string of the molecule is COC(=O)CC1CCC(c2csc3c(-c4ccc(N)cc4)[nH]nc23)CC1. The van der Waals surface area contributed by atoms with Gasteiger partial charge in [-0.15, -0.1) is 11.3 Å². The summed E-state index contributed by atoms with van der Waals surface area (Å²) in [6.45, 7) is 0. The number of nitrogens with zero attached hydrogens (tertiary/aromatic N) is 1. The fourth-order valence-electron chi connectivity index (χ4n) is 3.95. The van der Waals surface area contributed by atoms with Crippen LogP contribution in [0.15, 0.2) is 29.6 Å². The molecular formula is C20H23N3O2S. The number of H-pyrrole nitrogens is 1. The molecule has 6 heteroatoms. The summed E-state index contributed by atoms with van der Waals surface area (Å²) in [6, 6.07) is 7.89. The topological polar surface area (TPSA) is 81.0 Å². The van der Waals surface area contributed by atoms with Crippen molar-refractivity contribution in [2.45, 2.75) is 38.0 Å². The highest BCUT2D eigenvalue weighted by Gasteiger charge is 2.27. The van der Waals surface area contributed by atoms with Crippen molar-refractivity contribution < 1.29 is 9.53 Å². The number of nitrogens with two attached hydrogens (primary N) is 1. The van der Waals surface area contributed by atoms with Crippen LogP contribution in [-0.2, 0) is 9.53 Å². The number of rotatable bonds is 4. The Balaban J connectivity index is 1.52. The smallest absolute Gasteiger partial charge is 0.305 e. The number of nitrogens with one attached hydrogen (secondary N) is 1. The maximum absolute atomic E-state index is 11.5. The molecule has 3 aromatic rings.